The lowest BCUT2D eigenvalue weighted by Crippen LogP contribution is -2.12. The zero-order valence-corrected chi connectivity index (χ0v) is 14.2. The number of aryl methyl sites for hydroxylation is 1. The van der Waals surface area contributed by atoms with Crippen LogP contribution in [0, 0.1) is 12.7 Å². The molecule has 3 aromatic rings. The Morgan fingerprint density at radius 3 is 2.68 bits per heavy atom. The molecule has 0 aliphatic carbocycles. The maximum absolute atomic E-state index is 14.3. The summed E-state index contributed by atoms with van der Waals surface area (Å²) >= 11 is 0. The second-order valence-electron chi connectivity index (χ2n) is 6.51. The number of aromatic nitrogens is 2. The van der Waals surface area contributed by atoms with Crippen molar-refractivity contribution in [1.29, 1.82) is 0 Å². The van der Waals surface area contributed by atoms with E-state index < -0.39 is 0 Å². The molecule has 0 amide bonds. The number of halogens is 1. The summed E-state index contributed by atoms with van der Waals surface area (Å²) in [6.45, 7) is 3.58. The van der Waals surface area contributed by atoms with Crippen molar-refractivity contribution in [3.8, 4) is 11.3 Å². The molecule has 1 aromatic heterocycles. The van der Waals surface area contributed by atoms with E-state index in [0.717, 1.165) is 42.0 Å². The SMILES string of the molecule is Cc1ccc(-c2ccc3c(c2)CNCCC3c2ccccc2F)nn1. The Morgan fingerprint density at radius 2 is 1.88 bits per heavy atom. The highest BCUT2D eigenvalue weighted by Gasteiger charge is 2.23. The van der Waals surface area contributed by atoms with Gasteiger partial charge in [0.15, 0.2) is 0 Å². The minimum absolute atomic E-state index is 0.0735. The van der Waals surface area contributed by atoms with Crippen LogP contribution in [-0.2, 0) is 6.54 Å². The van der Waals surface area contributed by atoms with Crippen LogP contribution in [0.5, 0.6) is 0 Å². The van der Waals surface area contributed by atoms with Crippen LogP contribution < -0.4 is 5.32 Å². The monoisotopic (exact) mass is 333 g/mol. The fourth-order valence-corrected chi connectivity index (χ4v) is 3.52. The molecule has 126 valence electrons. The van der Waals surface area contributed by atoms with Gasteiger partial charge in [0, 0.05) is 18.0 Å². The summed E-state index contributed by atoms with van der Waals surface area (Å²) in [4.78, 5) is 0. The number of rotatable bonds is 2. The zero-order valence-electron chi connectivity index (χ0n) is 14.2. The third-order valence-corrected chi connectivity index (χ3v) is 4.82. The van der Waals surface area contributed by atoms with Gasteiger partial charge in [-0.3, -0.25) is 0 Å². The molecule has 0 saturated heterocycles. The first kappa shape index (κ1) is 15.9. The molecular weight excluding hydrogens is 313 g/mol. The number of nitrogens with zero attached hydrogens (tertiary/aromatic N) is 2. The molecule has 25 heavy (non-hydrogen) atoms. The molecule has 1 aliphatic heterocycles. The van der Waals surface area contributed by atoms with Crippen molar-refractivity contribution in [1.82, 2.24) is 15.5 Å². The van der Waals surface area contributed by atoms with E-state index >= 15 is 0 Å². The molecule has 1 unspecified atom stereocenters. The van der Waals surface area contributed by atoms with Gasteiger partial charge in [0.1, 0.15) is 5.82 Å². The largest absolute Gasteiger partial charge is 0.313 e. The quantitative estimate of drug-likeness (QED) is 0.763. The van der Waals surface area contributed by atoms with E-state index in [1.807, 2.05) is 31.2 Å². The Morgan fingerprint density at radius 1 is 1.00 bits per heavy atom. The molecule has 0 spiro atoms. The first-order valence-electron chi connectivity index (χ1n) is 8.61. The molecule has 1 aliphatic rings. The second-order valence-corrected chi connectivity index (χ2v) is 6.51. The Kier molecular flexibility index (Phi) is 4.28. The number of fused-ring (bicyclic) bond motifs is 1. The van der Waals surface area contributed by atoms with Crippen LogP contribution in [0.3, 0.4) is 0 Å². The molecule has 0 radical (unpaired) electrons. The fourth-order valence-electron chi connectivity index (χ4n) is 3.52. The molecule has 3 nitrogen and oxygen atoms in total. The van der Waals surface area contributed by atoms with Gasteiger partial charge < -0.3 is 5.32 Å². The summed E-state index contributed by atoms with van der Waals surface area (Å²) in [6.07, 6.45) is 0.887. The molecular formula is C21H20FN3. The third kappa shape index (κ3) is 3.17. The lowest BCUT2D eigenvalue weighted by Gasteiger charge is -2.19. The van der Waals surface area contributed by atoms with Gasteiger partial charge in [-0.25, -0.2) is 4.39 Å². The van der Waals surface area contributed by atoms with Crippen molar-refractivity contribution < 1.29 is 4.39 Å². The molecule has 4 rings (SSSR count). The predicted octanol–water partition coefficient (Wildman–Crippen LogP) is 4.22. The average Bonchev–Trinajstić information content (AvgIpc) is 2.84. The van der Waals surface area contributed by atoms with E-state index in [2.05, 4.69) is 33.7 Å². The lowest BCUT2D eigenvalue weighted by molar-refractivity contribution is 0.579. The van der Waals surface area contributed by atoms with E-state index in [1.54, 1.807) is 12.1 Å². The van der Waals surface area contributed by atoms with Crippen molar-refractivity contribution in [3.63, 3.8) is 0 Å². The first-order chi connectivity index (χ1) is 12.2. The van der Waals surface area contributed by atoms with Crippen LogP contribution in [0.4, 0.5) is 4.39 Å². The maximum Gasteiger partial charge on any atom is 0.127 e. The number of hydrogen-bond donors (Lipinski definition) is 1. The van der Waals surface area contributed by atoms with Gasteiger partial charge in [0.05, 0.1) is 11.4 Å². The smallest absolute Gasteiger partial charge is 0.127 e. The van der Waals surface area contributed by atoms with E-state index in [4.69, 9.17) is 0 Å². The molecule has 1 atom stereocenters. The van der Waals surface area contributed by atoms with Gasteiger partial charge in [-0.05, 0) is 60.8 Å². The van der Waals surface area contributed by atoms with Crippen LogP contribution >= 0.6 is 0 Å². The predicted molar refractivity (Wildman–Crippen MR) is 96.8 cm³/mol. The van der Waals surface area contributed by atoms with Gasteiger partial charge in [-0.1, -0.05) is 30.3 Å². The Hall–Kier alpha value is -2.59. The molecule has 1 N–H and O–H groups in total. The van der Waals surface area contributed by atoms with E-state index in [1.165, 1.54) is 11.1 Å². The van der Waals surface area contributed by atoms with E-state index in [0.29, 0.717) is 0 Å². The summed E-state index contributed by atoms with van der Waals surface area (Å²) in [5.41, 5.74) is 5.97. The maximum atomic E-state index is 14.3. The van der Waals surface area contributed by atoms with Crippen molar-refractivity contribution in [2.24, 2.45) is 0 Å². The van der Waals surface area contributed by atoms with Gasteiger partial charge in [-0.2, -0.15) is 10.2 Å². The highest BCUT2D eigenvalue weighted by molar-refractivity contribution is 5.61. The van der Waals surface area contributed by atoms with Gasteiger partial charge in [0.25, 0.3) is 0 Å². The molecule has 2 aromatic carbocycles. The summed E-state index contributed by atoms with van der Waals surface area (Å²) in [7, 11) is 0. The minimum atomic E-state index is -0.131. The summed E-state index contributed by atoms with van der Waals surface area (Å²) < 4.78 is 14.3. The molecule has 0 saturated carbocycles. The molecule has 2 heterocycles. The lowest BCUT2D eigenvalue weighted by atomic mass is 9.85. The topological polar surface area (TPSA) is 37.8 Å². The fraction of sp³-hybridized carbons (Fsp3) is 0.238. The van der Waals surface area contributed by atoms with E-state index in [-0.39, 0.29) is 11.7 Å². The van der Waals surface area contributed by atoms with Gasteiger partial charge in [-0.15, -0.1) is 0 Å². The highest BCUT2D eigenvalue weighted by atomic mass is 19.1. The first-order valence-corrected chi connectivity index (χ1v) is 8.61. The molecule has 0 fully saturated rings. The Bertz CT molecular complexity index is 890. The van der Waals surface area contributed by atoms with Crippen LogP contribution in [0.25, 0.3) is 11.3 Å². The minimum Gasteiger partial charge on any atom is -0.313 e. The normalized spacial score (nSPS) is 17.0. The Labute approximate surface area is 146 Å². The van der Waals surface area contributed by atoms with Crippen LogP contribution in [-0.4, -0.2) is 16.7 Å². The molecule has 0 bridgehead atoms. The van der Waals surface area contributed by atoms with Gasteiger partial charge >= 0.3 is 0 Å². The summed E-state index contributed by atoms with van der Waals surface area (Å²) in [6, 6.07) is 17.4. The van der Waals surface area contributed by atoms with Crippen molar-refractivity contribution in [2.75, 3.05) is 6.54 Å². The second kappa shape index (κ2) is 6.73. The number of nitrogens with one attached hydrogen (secondary N) is 1. The summed E-state index contributed by atoms with van der Waals surface area (Å²) in [5, 5.41) is 11.9. The third-order valence-electron chi connectivity index (χ3n) is 4.82. The van der Waals surface area contributed by atoms with Crippen LogP contribution in [0.2, 0.25) is 0 Å². The zero-order chi connectivity index (χ0) is 17.2. The number of benzene rings is 2. The van der Waals surface area contributed by atoms with Crippen molar-refractivity contribution >= 4 is 0 Å². The van der Waals surface area contributed by atoms with Crippen molar-refractivity contribution in [2.45, 2.75) is 25.8 Å². The average molecular weight is 333 g/mol. The molecule has 4 heteroatoms. The number of hydrogen-bond acceptors (Lipinski definition) is 3. The Balaban J connectivity index is 1.77. The standard InChI is InChI=1S/C21H20FN3/c1-14-6-9-21(25-24-14)15-7-8-17-16(12-15)13-23-11-10-18(17)19-4-2-3-5-20(19)22/h2-9,12,18,23H,10-11,13H2,1H3. The summed E-state index contributed by atoms with van der Waals surface area (Å²) in [5.74, 6) is -0.0572. The van der Waals surface area contributed by atoms with Crippen molar-refractivity contribution in [3.05, 3.63) is 82.8 Å². The van der Waals surface area contributed by atoms with Crippen LogP contribution in [0.15, 0.2) is 54.6 Å². The van der Waals surface area contributed by atoms with Crippen LogP contribution in [0.1, 0.15) is 34.7 Å². The van der Waals surface area contributed by atoms with E-state index in [9.17, 15) is 4.39 Å². The van der Waals surface area contributed by atoms with Gasteiger partial charge in [0.2, 0.25) is 0 Å². The highest BCUT2D eigenvalue weighted by Crippen LogP contribution is 2.35.